The SMILES string of the molecule is NCNC(=O)CS. The van der Waals surface area contributed by atoms with E-state index < -0.39 is 0 Å². The zero-order chi connectivity index (χ0) is 5.70. The van der Waals surface area contributed by atoms with Gasteiger partial charge in [-0.1, -0.05) is 0 Å². The fraction of sp³-hybridized carbons (Fsp3) is 0.667. The predicted octanol–water partition coefficient (Wildman–Crippen LogP) is -1.05. The molecule has 0 heterocycles. The number of carbonyl (C=O) groups is 1. The largest absolute Gasteiger partial charge is 0.343 e. The predicted molar refractivity (Wildman–Crippen MR) is 31.1 cm³/mol. The summed E-state index contributed by atoms with van der Waals surface area (Å²) in [6.45, 7) is 0.194. The number of carbonyl (C=O) groups excluding carboxylic acids is 1. The van der Waals surface area contributed by atoms with Crippen LogP contribution in [0.5, 0.6) is 0 Å². The van der Waals surface area contributed by atoms with Gasteiger partial charge in [0.2, 0.25) is 5.91 Å². The summed E-state index contributed by atoms with van der Waals surface area (Å²) in [5.74, 6) is 0.0721. The molecule has 3 N–H and O–H groups in total. The molecule has 7 heavy (non-hydrogen) atoms. The van der Waals surface area contributed by atoms with Crippen molar-refractivity contribution in [2.24, 2.45) is 5.73 Å². The standard InChI is InChI=1S/C3H8N2OS/c4-2-5-3(6)1-7/h7H,1-2,4H2,(H,5,6). The van der Waals surface area contributed by atoms with E-state index in [0.29, 0.717) is 0 Å². The molecule has 42 valence electrons. The lowest BCUT2D eigenvalue weighted by atomic mass is 10.7. The molecule has 0 radical (unpaired) electrons. The van der Waals surface area contributed by atoms with E-state index in [1.807, 2.05) is 0 Å². The summed E-state index contributed by atoms with van der Waals surface area (Å²) in [5, 5.41) is 2.36. The Kier molecular flexibility index (Phi) is 3.83. The summed E-state index contributed by atoms with van der Waals surface area (Å²) in [6.07, 6.45) is 0. The van der Waals surface area contributed by atoms with E-state index in [1.165, 1.54) is 0 Å². The minimum absolute atomic E-state index is 0.133. The number of thiol groups is 1. The zero-order valence-corrected chi connectivity index (χ0v) is 4.74. The second kappa shape index (κ2) is 3.95. The van der Waals surface area contributed by atoms with Crippen LogP contribution in [0.4, 0.5) is 0 Å². The first-order valence-electron chi connectivity index (χ1n) is 1.89. The monoisotopic (exact) mass is 120 g/mol. The highest BCUT2D eigenvalue weighted by Crippen LogP contribution is 1.68. The average molecular weight is 120 g/mol. The highest BCUT2D eigenvalue weighted by Gasteiger charge is 1.89. The van der Waals surface area contributed by atoms with Crippen molar-refractivity contribution < 1.29 is 4.79 Å². The van der Waals surface area contributed by atoms with Crippen LogP contribution in [0.1, 0.15) is 0 Å². The highest BCUT2D eigenvalue weighted by molar-refractivity contribution is 7.81. The Morgan fingerprint density at radius 3 is 2.57 bits per heavy atom. The lowest BCUT2D eigenvalue weighted by molar-refractivity contribution is -0.118. The molecule has 0 rings (SSSR count). The van der Waals surface area contributed by atoms with Gasteiger partial charge in [0.15, 0.2) is 0 Å². The van der Waals surface area contributed by atoms with Crippen LogP contribution in [0, 0.1) is 0 Å². The smallest absolute Gasteiger partial charge is 0.230 e. The van der Waals surface area contributed by atoms with Crippen LogP contribution in [0.15, 0.2) is 0 Å². The van der Waals surface area contributed by atoms with Gasteiger partial charge in [0.25, 0.3) is 0 Å². The van der Waals surface area contributed by atoms with Crippen LogP contribution in [0.2, 0.25) is 0 Å². The first-order chi connectivity index (χ1) is 3.31. The lowest BCUT2D eigenvalue weighted by Crippen LogP contribution is -2.30. The van der Waals surface area contributed by atoms with Gasteiger partial charge >= 0.3 is 0 Å². The van der Waals surface area contributed by atoms with E-state index in [4.69, 9.17) is 5.73 Å². The molecule has 0 saturated heterocycles. The van der Waals surface area contributed by atoms with Crippen molar-refractivity contribution in [3.8, 4) is 0 Å². The van der Waals surface area contributed by atoms with Gasteiger partial charge in [-0.2, -0.15) is 12.6 Å². The first kappa shape index (κ1) is 6.78. The van der Waals surface area contributed by atoms with E-state index in [9.17, 15) is 4.79 Å². The Morgan fingerprint density at radius 1 is 1.86 bits per heavy atom. The molecule has 0 spiro atoms. The molecule has 0 bridgehead atoms. The highest BCUT2D eigenvalue weighted by atomic mass is 32.1. The Bertz CT molecular complexity index is 66.0. The molecule has 0 unspecified atom stereocenters. The lowest BCUT2D eigenvalue weighted by Gasteiger charge is -1.93. The molecule has 0 aliphatic carbocycles. The number of nitrogens with two attached hydrogens (primary N) is 1. The van der Waals surface area contributed by atoms with Gasteiger partial charge in [-0.05, 0) is 0 Å². The van der Waals surface area contributed by atoms with Crippen LogP contribution < -0.4 is 11.1 Å². The summed E-state index contributed by atoms with van der Waals surface area (Å²) in [4.78, 5) is 10.1. The maximum absolute atomic E-state index is 10.1. The van der Waals surface area contributed by atoms with Crippen molar-refractivity contribution in [1.82, 2.24) is 5.32 Å². The minimum atomic E-state index is -0.133. The van der Waals surface area contributed by atoms with Gasteiger partial charge < -0.3 is 11.1 Å². The van der Waals surface area contributed by atoms with Crippen molar-refractivity contribution in [2.45, 2.75) is 0 Å². The molecule has 0 atom stereocenters. The Hall–Kier alpha value is -0.220. The molecule has 0 fully saturated rings. The Balaban J connectivity index is 3.00. The Morgan fingerprint density at radius 2 is 2.43 bits per heavy atom. The molecule has 0 aliphatic rings. The molecular weight excluding hydrogens is 112 g/mol. The summed E-state index contributed by atoms with van der Waals surface area (Å²) in [5.41, 5.74) is 4.94. The van der Waals surface area contributed by atoms with Gasteiger partial charge in [-0.15, -0.1) is 0 Å². The number of hydrogen-bond donors (Lipinski definition) is 3. The second-order valence-electron chi connectivity index (χ2n) is 0.962. The number of rotatable bonds is 2. The number of amides is 1. The molecule has 0 aromatic carbocycles. The summed E-state index contributed by atoms with van der Waals surface area (Å²) in [6, 6.07) is 0. The molecule has 0 aromatic heterocycles. The minimum Gasteiger partial charge on any atom is -0.343 e. The third kappa shape index (κ3) is 3.61. The van der Waals surface area contributed by atoms with Crippen molar-refractivity contribution in [1.29, 1.82) is 0 Å². The number of nitrogens with one attached hydrogen (secondary N) is 1. The van der Waals surface area contributed by atoms with Crippen molar-refractivity contribution in [3.05, 3.63) is 0 Å². The summed E-state index contributed by atoms with van der Waals surface area (Å²) < 4.78 is 0. The molecule has 0 aliphatic heterocycles. The van der Waals surface area contributed by atoms with Gasteiger partial charge in [-0.25, -0.2) is 0 Å². The Labute approximate surface area is 47.7 Å². The van der Waals surface area contributed by atoms with E-state index >= 15 is 0 Å². The molecule has 4 heteroatoms. The molecule has 0 aromatic rings. The fourth-order valence-electron chi connectivity index (χ4n) is 0.170. The third-order valence-corrected chi connectivity index (χ3v) is 0.730. The molecule has 1 amide bonds. The maximum Gasteiger partial charge on any atom is 0.230 e. The topological polar surface area (TPSA) is 55.1 Å². The van der Waals surface area contributed by atoms with Crippen LogP contribution in [0.3, 0.4) is 0 Å². The molecular formula is C3H8N2OS. The zero-order valence-electron chi connectivity index (χ0n) is 3.85. The first-order valence-corrected chi connectivity index (χ1v) is 2.52. The van der Waals surface area contributed by atoms with Crippen LogP contribution in [-0.4, -0.2) is 18.3 Å². The maximum atomic E-state index is 10.1. The van der Waals surface area contributed by atoms with Crippen LogP contribution in [-0.2, 0) is 4.79 Å². The normalized spacial score (nSPS) is 8.29. The van der Waals surface area contributed by atoms with Gasteiger partial charge in [0.05, 0.1) is 12.4 Å². The van der Waals surface area contributed by atoms with Crippen molar-refractivity contribution in [3.63, 3.8) is 0 Å². The second-order valence-corrected chi connectivity index (χ2v) is 1.28. The number of hydrogen-bond acceptors (Lipinski definition) is 3. The summed E-state index contributed by atoms with van der Waals surface area (Å²) >= 11 is 3.68. The third-order valence-electron chi connectivity index (χ3n) is 0.443. The summed E-state index contributed by atoms with van der Waals surface area (Å²) in [7, 11) is 0. The van der Waals surface area contributed by atoms with Crippen molar-refractivity contribution in [2.75, 3.05) is 12.4 Å². The van der Waals surface area contributed by atoms with E-state index in [1.54, 1.807) is 0 Å². The fourth-order valence-corrected chi connectivity index (χ4v) is 0.282. The van der Waals surface area contributed by atoms with Crippen LogP contribution in [0.25, 0.3) is 0 Å². The van der Waals surface area contributed by atoms with Gasteiger partial charge in [-0.3, -0.25) is 4.79 Å². The van der Waals surface area contributed by atoms with Crippen LogP contribution >= 0.6 is 12.6 Å². The van der Waals surface area contributed by atoms with Gasteiger partial charge in [0.1, 0.15) is 0 Å². The molecule has 3 nitrogen and oxygen atoms in total. The van der Waals surface area contributed by atoms with Gasteiger partial charge in [0, 0.05) is 0 Å². The van der Waals surface area contributed by atoms with E-state index in [-0.39, 0.29) is 18.3 Å². The van der Waals surface area contributed by atoms with E-state index in [2.05, 4.69) is 17.9 Å². The quantitative estimate of drug-likeness (QED) is 0.322. The molecule has 0 saturated carbocycles. The van der Waals surface area contributed by atoms with Crippen molar-refractivity contribution >= 4 is 18.5 Å². The average Bonchev–Trinajstić information content (AvgIpc) is 1.68. The van der Waals surface area contributed by atoms with E-state index in [0.717, 1.165) is 0 Å².